The number of benzene rings is 1. The molecule has 0 N–H and O–H groups in total. The van der Waals surface area contributed by atoms with Crippen LogP contribution in [0.1, 0.15) is 18.5 Å². The Kier molecular flexibility index (Phi) is 5.28. The van der Waals surface area contributed by atoms with Gasteiger partial charge in [-0.3, -0.25) is 19.3 Å². The van der Waals surface area contributed by atoms with E-state index in [9.17, 15) is 14.4 Å². The van der Waals surface area contributed by atoms with Gasteiger partial charge in [-0.2, -0.15) is 0 Å². The molecular weight excluding hydrogens is 400 g/mol. The molecule has 0 radical (unpaired) electrons. The number of carbonyl (C=O) groups is 3. The molecular formula is C20H17ClN2O4S. The molecule has 2 atom stereocenters. The molecule has 0 spiro atoms. The number of nitrogens with zero attached hydrogens (tertiary/aromatic N) is 2. The van der Waals surface area contributed by atoms with Crippen LogP contribution in [0.3, 0.4) is 0 Å². The summed E-state index contributed by atoms with van der Waals surface area (Å²) in [5.41, 5.74) is 1.54. The Morgan fingerprint density at radius 3 is 2.43 bits per heavy atom. The van der Waals surface area contributed by atoms with E-state index in [1.54, 1.807) is 12.1 Å². The minimum Gasteiger partial charge on any atom is -0.458 e. The van der Waals surface area contributed by atoms with Crippen molar-refractivity contribution in [3.63, 3.8) is 0 Å². The van der Waals surface area contributed by atoms with E-state index in [0.29, 0.717) is 23.6 Å². The molecule has 1 fully saturated rings. The normalized spacial score (nSPS) is 21.1. The van der Waals surface area contributed by atoms with Crippen LogP contribution >= 0.6 is 22.9 Å². The van der Waals surface area contributed by atoms with Gasteiger partial charge in [0.1, 0.15) is 18.2 Å². The van der Waals surface area contributed by atoms with Crippen molar-refractivity contribution in [3.8, 4) is 10.6 Å². The molecule has 6 nitrogen and oxygen atoms in total. The zero-order valence-electron chi connectivity index (χ0n) is 14.8. The molecule has 2 aromatic rings. The van der Waals surface area contributed by atoms with Crippen molar-refractivity contribution < 1.29 is 19.1 Å². The first-order valence-electron chi connectivity index (χ1n) is 8.89. The predicted octanol–water partition coefficient (Wildman–Crippen LogP) is 3.46. The summed E-state index contributed by atoms with van der Waals surface area (Å²) in [5, 5.41) is 3.25. The molecule has 0 saturated carbocycles. The van der Waals surface area contributed by atoms with Crippen LogP contribution in [-0.2, 0) is 25.7 Å². The molecule has 1 aliphatic carbocycles. The maximum absolute atomic E-state index is 12.4. The van der Waals surface area contributed by atoms with Gasteiger partial charge in [0.2, 0.25) is 11.8 Å². The Morgan fingerprint density at radius 2 is 1.79 bits per heavy atom. The number of amides is 2. The number of rotatable bonds is 5. The number of halogens is 1. The fourth-order valence-electron chi connectivity index (χ4n) is 3.45. The Hall–Kier alpha value is -2.51. The number of likely N-dealkylation sites (tertiary alicyclic amines) is 1. The van der Waals surface area contributed by atoms with Gasteiger partial charge in [-0.1, -0.05) is 35.9 Å². The zero-order valence-corrected chi connectivity index (χ0v) is 16.4. The lowest BCUT2D eigenvalue weighted by molar-refractivity contribution is -0.153. The van der Waals surface area contributed by atoms with Gasteiger partial charge in [0, 0.05) is 16.0 Å². The number of ether oxygens (including phenoxy) is 1. The largest absolute Gasteiger partial charge is 0.458 e. The molecule has 144 valence electrons. The van der Waals surface area contributed by atoms with Crippen molar-refractivity contribution in [1.82, 2.24) is 9.88 Å². The highest BCUT2D eigenvalue weighted by Crippen LogP contribution is 2.35. The minimum absolute atomic E-state index is 0.00639. The quantitative estimate of drug-likeness (QED) is 0.424. The number of thiazole rings is 1. The second-order valence-corrected chi connectivity index (χ2v) is 8.02. The number of aromatic nitrogens is 1. The first-order valence-corrected chi connectivity index (χ1v) is 10.1. The predicted molar refractivity (Wildman–Crippen MR) is 104 cm³/mol. The SMILES string of the molecule is O=C(CN1C(=O)[C@H]2CC=CC[C@H]2C1=O)OCc1csc(-c2ccc(Cl)cc2)n1. The molecule has 2 aliphatic rings. The summed E-state index contributed by atoms with van der Waals surface area (Å²) >= 11 is 7.33. The standard InChI is InChI=1S/C20H17ClN2O4S/c21-13-7-5-12(6-8-13)18-22-14(11-28-18)10-27-17(24)9-23-19(25)15-3-1-2-4-16(15)20(23)26/h1-2,5-8,11,15-16H,3-4,9-10H2/t15-,16+. The van der Waals surface area contributed by atoms with Gasteiger partial charge >= 0.3 is 5.97 Å². The van der Waals surface area contributed by atoms with Crippen LogP contribution in [0.4, 0.5) is 0 Å². The fourth-order valence-corrected chi connectivity index (χ4v) is 4.39. The van der Waals surface area contributed by atoms with E-state index in [1.807, 2.05) is 29.7 Å². The van der Waals surface area contributed by atoms with Crippen LogP contribution < -0.4 is 0 Å². The molecule has 1 aromatic carbocycles. The van der Waals surface area contributed by atoms with Gasteiger partial charge < -0.3 is 4.74 Å². The van der Waals surface area contributed by atoms with E-state index in [-0.39, 0.29) is 36.8 Å². The molecule has 1 saturated heterocycles. The van der Waals surface area contributed by atoms with Crippen LogP contribution in [0.15, 0.2) is 41.8 Å². The molecule has 0 unspecified atom stereocenters. The van der Waals surface area contributed by atoms with Crippen molar-refractivity contribution in [1.29, 1.82) is 0 Å². The second-order valence-electron chi connectivity index (χ2n) is 6.73. The highest BCUT2D eigenvalue weighted by atomic mass is 35.5. The Balaban J connectivity index is 1.33. The molecule has 2 amide bonds. The lowest BCUT2D eigenvalue weighted by atomic mass is 9.85. The molecule has 2 heterocycles. The molecule has 1 aromatic heterocycles. The average Bonchev–Trinajstić information content (AvgIpc) is 3.27. The van der Waals surface area contributed by atoms with E-state index in [4.69, 9.17) is 16.3 Å². The number of fused-ring (bicyclic) bond motifs is 1. The minimum atomic E-state index is -0.616. The van der Waals surface area contributed by atoms with Crippen LogP contribution in [0.5, 0.6) is 0 Å². The maximum Gasteiger partial charge on any atom is 0.326 e. The van der Waals surface area contributed by atoms with E-state index >= 15 is 0 Å². The van der Waals surface area contributed by atoms with Crippen molar-refractivity contribution in [3.05, 3.63) is 52.5 Å². The number of esters is 1. The van der Waals surface area contributed by atoms with E-state index in [2.05, 4.69) is 4.98 Å². The topological polar surface area (TPSA) is 76.6 Å². The fraction of sp³-hybridized carbons (Fsp3) is 0.300. The van der Waals surface area contributed by atoms with Gasteiger partial charge in [-0.15, -0.1) is 11.3 Å². The lowest BCUT2D eigenvalue weighted by Crippen LogP contribution is -2.36. The number of imide groups is 1. The number of allylic oxidation sites excluding steroid dienone is 2. The Morgan fingerprint density at radius 1 is 1.14 bits per heavy atom. The summed E-state index contributed by atoms with van der Waals surface area (Å²) in [5.74, 6) is -1.86. The zero-order chi connectivity index (χ0) is 19.7. The van der Waals surface area contributed by atoms with Gasteiger partial charge in [0.25, 0.3) is 0 Å². The first kappa shape index (κ1) is 18.8. The summed E-state index contributed by atoms with van der Waals surface area (Å²) in [4.78, 5) is 42.4. The third kappa shape index (κ3) is 3.72. The monoisotopic (exact) mass is 416 g/mol. The summed E-state index contributed by atoms with van der Waals surface area (Å²) in [6, 6.07) is 7.32. The Labute approximate surface area is 170 Å². The maximum atomic E-state index is 12.4. The van der Waals surface area contributed by atoms with Crippen molar-refractivity contribution in [2.45, 2.75) is 19.4 Å². The molecule has 28 heavy (non-hydrogen) atoms. The van der Waals surface area contributed by atoms with Gasteiger partial charge in [0.15, 0.2) is 0 Å². The highest BCUT2D eigenvalue weighted by Gasteiger charge is 2.47. The third-order valence-corrected chi connectivity index (χ3v) is 6.10. The van der Waals surface area contributed by atoms with Gasteiger partial charge in [-0.25, -0.2) is 4.98 Å². The highest BCUT2D eigenvalue weighted by molar-refractivity contribution is 7.13. The molecule has 1 aliphatic heterocycles. The van der Waals surface area contributed by atoms with Crippen molar-refractivity contribution in [2.24, 2.45) is 11.8 Å². The third-order valence-electron chi connectivity index (χ3n) is 4.91. The van der Waals surface area contributed by atoms with Crippen molar-refractivity contribution >= 4 is 40.7 Å². The second kappa shape index (κ2) is 7.85. The van der Waals surface area contributed by atoms with Crippen LogP contribution in [-0.4, -0.2) is 34.2 Å². The van der Waals surface area contributed by atoms with E-state index in [1.165, 1.54) is 11.3 Å². The smallest absolute Gasteiger partial charge is 0.326 e. The first-order chi connectivity index (χ1) is 13.5. The number of carbonyl (C=O) groups excluding carboxylic acids is 3. The number of hydrogen-bond acceptors (Lipinski definition) is 6. The van der Waals surface area contributed by atoms with E-state index in [0.717, 1.165) is 15.5 Å². The summed E-state index contributed by atoms with van der Waals surface area (Å²) in [7, 11) is 0. The molecule has 0 bridgehead atoms. The summed E-state index contributed by atoms with van der Waals surface area (Å²) in [6.45, 7) is -0.355. The summed E-state index contributed by atoms with van der Waals surface area (Å²) in [6.07, 6.45) is 4.92. The van der Waals surface area contributed by atoms with Gasteiger partial charge in [-0.05, 0) is 25.0 Å². The summed E-state index contributed by atoms with van der Waals surface area (Å²) < 4.78 is 5.23. The molecule has 4 rings (SSSR count). The van der Waals surface area contributed by atoms with Crippen LogP contribution in [0.2, 0.25) is 5.02 Å². The lowest BCUT2D eigenvalue weighted by Gasteiger charge is -2.14. The van der Waals surface area contributed by atoms with E-state index < -0.39 is 5.97 Å². The van der Waals surface area contributed by atoms with Gasteiger partial charge in [0.05, 0.1) is 17.5 Å². The van der Waals surface area contributed by atoms with Crippen molar-refractivity contribution in [2.75, 3.05) is 6.54 Å². The molecule has 8 heteroatoms. The van der Waals surface area contributed by atoms with Crippen LogP contribution in [0.25, 0.3) is 10.6 Å². The average molecular weight is 417 g/mol. The Bertz CT molecular complexity index is 927. The number of hydrogen-bond donors (Lipinski definition) is 0. The van der Waals surface area contributed by atoms with Crippen LogP contribution in [0, 0.1) is 11.8 Å².